The molecule has 2 aromatic rings. The van der Waals surface area contributed by atoms with Gasteiger partial charge in [-0.25, -0.2) is 0 Å². The van der Waals surface area contributed by atoms with Crippen LogP contribution in [0.5, 0.6) is 0 Å². The monoisotopic (exact) mass is 287 g/mol. The minimum Gasteiger partial charge on any atom is -0.481 e. The molecule has 1 amide bonds. The molecule has 6 heteroatoms. The minimum atomic E-state index is -0.867. The Morgan fingerprint density at radius 3 is 2.52 bits per heavy atom. The lowest BCUT2D eigenvalue weighted by Gasteiger charge is -2.21. The number of carbonyl (C=O) groups excluding carboxylic acids is 1. The van der Waals surface area contributed by atoms with E-state index >= 15 is 0 Å². The van der Waals surface area contributed by atoms with Crippen molar-refractivity contribution in [3.05, 3.63) is 48.3 Å². The molecule has 2 rings (SSSR count). The highest BCUT2D eigenvalue weighted by molar-refractivity contribution is 6.04. The zero-order valence-electron chi connectivity index (χ0n) is 11.8. The minimum absolute atomic E-state index is 0.0266. The van der Waals surface area contributed by atoms with Crippen LogP contribution < -0.4 is 4.90 Å². The van der Waals surface area contributed by atoms with Crippen molar-refractivity contribution in [2.45, 2.75) is 12.8 Å². The van der Waals surface area contributed by atoms with Gasteiger partial charge in [0.15, 0.2) is 5.69 Å². The van der Waals surface area contributed by atoms with E-state index in [9.17, 15) is 9.59 Å². The first-order valence-electron chi connectivity index (χ1n) is 6.66. The molecule has 1 N–H and O–H groups in total. The molecule has 1 heterocycles. The molecule has 0 aliphatic heterocycles. The zero-order chi connectivity index (χ0) is 15.2. The van der Waals surface area contributed by atoms with Gasteiger partial charge in [-0.15, -0.1) is 0 Å². The lowest BCUT2D eigenvalue weighted by atomic mass is 10.2. The highest BCUT2D eigenvalue weighted by atomic mass is 16.4. The first kappa shape index (κ1) is 14.8. The van der Waals surface area contributed by atoms with Crippen LogP contribution in [-0.4, -0.2) is 33.3 Å². The van der Waals surface area contributed by atoms with Crippen LogP contribution in [0.1, 0.15) is 23.3 Å². The Morgan fingerprint density at radius 1 is 1.24 bits per heavy atom. The van der Waals surface area contributed by atoms with E-state index in [-0.39, 0.29) is 12.3 Å². The highest BCUT2D eigenvalue weighted by Gasteiger charge is 2.19. The van der Waals surface area contributed by atoms with Gasteiger partial charge in [0.1, 0.15) is 0 Å². The molecule has 0 radical (unpaired) electrons. The van der Waals surface area contributed by atoms with Crippen molar-refractivity contribution < 1.29 is 14.7 Å². The van der Waals surface area contributed by atoms with Gasteiger partial charge < -0.3 is 10.0 Å². The van der Waals surface area contributed by atoms with E-state index in [4.69, 9.17) is 5.11 Å². The summed E-state index contributed by atoms with van der Waals surface area (Å²) in [4.78, 5) is 24.7. The summed E-state index contributed by atoms with van der Waals surface area (Å²) in [6.07, 6.45) is 2.12. The van der Waals surface area contributed by atoms with E-state index in [1.807, 2.05) is 30.3 Å². The molecule has 0 unspecified atom stereocenters. The lowest BCUT2D eigenvalue weighted by molar-refractivity contribution is -0.137. The smallest absolute Gasteiger partial charge is 0.303 e. The molecular weight excluding hydrogens is 270 g/mol. The Morgan fingerprint density at radius 2 is 1.95 bits per heavy atom. The third-order valence-electron chi connectivity index (χ3n) is 3.02. The average Bonchev–Trinajstić information content (AvgIpc) is 2.90. The van der Waals surface area contributed by atoms with Gasteiger partial charge >= 0.3 is 5.97 Å². The molecule has 0 atom stereocenters. The maximum atomic E-state index is 12.5. The largest absolute Gasteiger partial charge is 0.481 e. The Hall–Kier alpha value is -2.63. The van der Waals surface area contributed by atoms with E-state index in [1.54, 1.807) is 28.9 Å². The van der Waals surface area contributed by atoms with Crippen LogP contribution in [0.25, 0.3) is 0 Å². The fourth-order valence-corrected chi connectivity index (χ4v) is 2.01. The van der Waals surface area contributed by atoms with Crippen molar-refractivity contribution >= 4 is 17.6 Å². The van der Waals surface area contributed by atoms with Crippen LogP contribution in [0.15, 0.2) is 42.6 Å². The van der Waals surface area contributed by atoms with Gasteiger partial charge in [-0.05, 0) is 24.6 Å². The second-order valence-corrected chi connectivity index (χ2v) is 4.66. The molecule has 0 aliphatic rings. The van der Waals surface area contributed by atoms with Crippen LogP contribution in [0.4, 0.5) is 5.69 Å². The van der Waals surface area contributed by atoms with Crippen molar-refractivity contribution in [1.29, 1.82) is 0 Å². The topological polar surface area (TPSA) is 75.4 Å². The molecule has 0 bridgehead atoms. The molecule has 21 heavy (non-hydrogen) atoms. The molecule has 0 saturated heterocycles. The summed E-state index contributed by atoms with van der Waals surface area (Å²) in [5, 5.41) is 12.8. The number of aliphatic carboxylic acids is 1. The zero-order valence-corrected chi connectivity index (χ0v) is 11.8. The summed E-state index contributed by atoms with van der Waals surface area (Å²) in [7, 11) is 1.74. The van der Waals surface area contributed by atoms with Gasteiger partial charge in [-0.2, -0.15) is 5.10 Å². The lowest BCUT2D eigenvalue weighted by Crippen LogP contribution is -2.32. The summed E-state index contributed by atoms with van der Waals surface area (Å²) in [5.41, 5.74) is 1.08. The second-order valence-electron chi connectivity index (χ2n) is 4.66. The van der Waals surface area contributed by atoms with Gasteiger partial charge in [-0.3, -0.25) is 14.3 Å². The number of benzene rings is 1. The van der Waals surface area contributed by atoms with Gasteiger partial charge in [0.05, 0.1) is 0 Å². The number of rotatable bonds is 6. The molecule has 1 aromatic heterocycles. The number of nitrogens with zero attached hydrogens (tertiary/aromatic N) is 3. The number of aromatic nitrogens is 2. The van der Waals surface area contributed by atoms with Gasteiger partial charge in [0.2, 0.25) is 0 Å². The number of amides is 1. The van der Waals surface area contributed by atoms with Crippen LogP contribution >= 0.6 is 0 Å². The fourth-order valence-electron chi connectivity index (χ4n) is 2.01. The highest BCUT2D eigenvalue weighted by Crippen LogP contribution is 2.17. The number of hydrogen-bond donors (Lipinski definition) is 1. The van der Waals surface area contributed by atoms with E-state index in [2.05, 4.69) is 5.10 Å². The molecule has 6 nitrogen and oxygen atoms in total. The first-order chi connectivity index (χ1) is 10.1. The van der Waals surface area contributed by atoms with Gasteiger partial charge in [0.25, 0.3) is 5.91 Å². The average molecular weight is 287 g/mol. The maximum Gasteiger partial charge on any atom is 0.303 e. The number of para-hydroxylation sites is 1. The van der Waals surface area contributed by atoms with Crippen LogP contribution in [-0.2, 0) is 11.8 Å². The van der Waals surface area contributed by atoms with Crippen molar-refractivity contribution in [3.8, 4) is 0 Å². The number of carbonyl (C=O) groups is 2. The van der Waals surface area contributed by atoms with E-state index in [1.165, 1.54) is 0 Å². The molecule has 0 aliphatic carbocycles. The van der Waals surface area contributed by atoms with Gasteiger partial charge in [-0.1, -0.05) is 18.2 Å². The number of carboxylic acids is 1. The normalized spacial score (nSPS) is 10.3. The van der Waals surface area contributed by atoms with Crippen LogP contribution in [0.3, 0.4) is 0 Å². The third-order valence-corrected chi connectivity index (χ3v) is 3.02. The Bertz CT molecular complexity index is 622. The number of aryl methyl sites for hydroxylation is 1. The third kappa shape index (κ3) is 3.92. The van der Waals surface area contributed by atoms with Crippen LogP contribution in [0.2, 0.25) is 0 Å². The molecular formula is C15H17N3O3. The predicted molar refractivity (Wildman–Crippen MR) is 78.2 cm³/mol. The Kier molecular flexibility index (Phi) is 4.71. The van der Waals surface area contributed by atoms with Crippen molar-refractivity contribution in [1.82, 2.24) is 9.78 Å². The molecule has 1 aromatic carbocycles. The number of carboxylic acid groups (broad SMARTS) is 1. The molecule has 0 saturated carbocycles. The Balaban J connectivity index is 2.19. The standard InChI is InChI=1S/C15H17N3O3/c1-17-11-9-13(16-17)15(21)18(10-5-8-14(19)20)12-6-3-2-4-7-12/h2-4,6-7,9,11H,5,8,10H2,1H3,(H,19,20). The number of hydrogen-bond acceptors (Lipinski definition) is 3. The summed E-state index contributed by atoms with van der Waals surface area (Å²) in [5.74, 6) is -1.10. The summed E-state index contributed by atoms with van der Waals surface area (Å²) < 4.78 is 1.56. The van der Waals surface area contributed by atoms with E-state index in [0.29, 0.717) is 18.7 Å². The summed E-state index contributed by atoms with van der Waals surface area (Å²) in [6, 6.07) is 10.8. The second kappa shape index (κ2) is 6.69. The maximum absolute atomic E-state index is 12.5. The molecule has 0 spiro atoms. The molecule has 0 fully saturated rings. The Labute approximate surface area is 122 Å². The van der Waals surface area contributed by atoms with E-state index < -0.39 is 5.97 Å². The van der Waals surface area contributed by atoms with E-state index in [0.717, 1.165) is 5.69 Å². The SMILES string of the molecule is Cn1ccc(C(=O)N(CCCC(=O)O)c2ccccc2)n1. The first-order valence-corrected chi connectivity index (χ1v) is 6.66. The predicted octanol–water partition coefficient (Wildman–Crippen LogP) is 1.93. The number of anilines is 1. The summed E-state index contributed by atoms with van der Waals surface area (Å²) in [6.45, 7) is 0.339. The summed E-state index contributed by atoms with van der Waals surface area (Å²) >= 11 is 0. The fraction of sp³-hybridized carbons (Fsp3) is 0.267. The van der Waals surface area contributed by atoms with Crippen molar-refractivity contribution in [2.75, 3.05) is 11.4 Å². The quantitative estimate of drug-likeness (QED) is 0.881. The molecule has 110 valence electrons. The van der Waals surface area contributed by atoms with Crippen LogP contribution in [0, 0.1) is 0 Å². The van der Waals surface area contributed by atoms with Crippen molar-refractivity contribution in [2.24, 2.45) is 7.05 Å². The van der Waals surface area contributed by atoms with Gasteiger partial charge in [0, 0.05) is 31.9 Å². The van der Waals surface area contributed by atoms with Crippen molar-refractivity contribution in [3.63, 3.8) is 0 Å².